The third kappa shape index (κ3) is 2.16. The predicted molar refractivity (Wildman–Crippen MR) is 85.7 cm³/mol. The highest BCUT2D eigenvalue weighted by Gasteiger charge is 2.34. The van der Waals surface area contributed by atoms with E-state index in [9.17, 15) is 4.79 Å². The largest absolute Gasteiger partial charge is 0.384 e. The van der Waals surface area contributed by atoms with Crippen molar-refractivity contribution in [2.45, 2.75) is 12.3 Å². The summed E-state index contributed by atoms with van der Waals surface area (Å²) in [6.07, 6.45) is 0.519. The van der Waals surface area contributed by atoms with Gasteiger partial charge in [0.25, 0.3) is 0 Å². The molecular weight excluding hydrogens is 276 g/mol. The van der Waals surface area contributed by atoms with E-state index in [0.717, 1.165) is 11.1 Å². The molecule has 110 valence electrons. The van der Waals surface area contributed by atoms with Gasteiger partial charge >= 0.3 is 0 Å². The number of hydrogen-bond acceptors (Lipinski definition) is 3. The van der Waals surface area contributed by atoms with E-state index in [4.69, 9.17) is 22.3 Å². The third-order valence-corrected chi connectivity index (χ3v) is 4.04. The van der Waals surface area contributed by atoms with Crippen molar-refractivity contribution in [3.05, 3.63) is 70.3 Å². The molecule has 0 bridgehead atoms. The number of fused-ring (bicyclic) bond motifs is 1. The van der Waals surface area contributed by atoms with Gasteiger partial charge in [0.05, 0.1) is 5.92 Å². The normalized spacial score (nSPS) is 16.4. The maximum absolute atomic E-state index is 12.7. The molecule has 3 rings (SSSR count). The molecule has 0 radical (unpaired) electrons. The number of nitrogens with two attached hydrogens (primary N) is 2. The van der Waals surface area contributed by atoms with Crippen LogP contribution in [0.25, 0.3) is 0 Å². The van der Waals surface area contributed by atoms with Crippen LogP contribution in [-0.4, -0.2) is 17.5 Å². The fourth-order valence-electron chi connectivity index (χ4n) is 2.95. The van der Waals surface area contributed by atoms with Crippen molar-refractivity contribution < 1.29 is 4.79 Å². The average molecular weight is 292 g/mol. The van der Waals surface area contributed by atoms with Crippen LogP contribution in [0.4, 0.5) is 0 Å². The summed E-state index contributed by atoms with van der Waals surface area (Å²) in [6, 6.07) is 12.8. The quantitative estimate of drug-likeness (QED) is 0.510. The van der Waals surface area contributed by atoms with Crippen molar-refractivity contribution in [1.82, 2.24) is 0 Å². The molecule has 0 saturated heterocycles. The van der Waals surface area contributed by atoms with Gasteiger partial charge in [0.1, 0.15) is 11.7 Å². The van der Waals surface area contributed by atoms with Crippen molar-refractivity contribution in [1.29, 1.82) is 10.8 Å². The smallest absolute Gasteiger partial charge is 0.170 e. The Hall–Kier alpha value is -2.95. The number of amidine groups is 2. The summed E-state index contributed by atoms with van der Waals surface area (Å²) in [5, 5.41) is 15.3. The molecule has 1 aliphatic rings. The summed E-state index contributed by atoms with van der Waals surface area (Å²) >= 11 is 0. The zero-order chi connectivity index (χ0) is 15.9. The van der Waals surface area contributed by atoms with Crippen molar-refractivity contribution in [3.8, 4) is 0 Å². The van der Waals surface area contributed by atoms with Crippen molar-refractivity contribution in [3.63, 3.8) is 0 Å². The molecule has 1 atom stereocenters. The van der Waals surface area contributed by atoms with Crippen molar-refractivity contribution in [2.24, 2.45) is 11.5 Å². The van der Waals surface area contributed by atoms with Gasteiger partial charge in [-0.3, -0.25) is 15.6 Å². The van der Waals surface area contributed by atoms with Gasteiger partial charge in [-0.15, -0.1) is 0 Å². The van der Waals surface area contributed by atoms with E-state index in [-0.39, 0.29) is 23.4 Å². The molecule has 0 fully saturated rings. The minimum absolute atomic E-state index is 0.00759. The van der Waals surface area contributed by atoms with Crippen LogP contribution < -0.4 is 11.5 Å². The van der Waals surface area contributed by atoms with Crippen LogP contribution in [0.5, 0.6) is 0 Å². The van der Waals surface area contributed by atoms with E-state index in [1.54, 1.807) is 12.1 Å². The molecule has 5 heteroatoms. The summed E-state index contributed by atoms with van der Waals surface area (Å²) in [6.45, 7) is 0. The summed E-state index contributed by atoms with van der Waals surface area (Å²) in [4.78, 5) is 12.7. The SMILES string of the molecule is N=C(N)c1cc(C(=N)N)c2c(c1)C(=O)C(c1ccccc1)C2. The number of hydrogen-bond donors (Lipinski definition) is 4. The number of ketones is 1. The highest BCUT2D eigenvalue weighted by atomic mass is 16.1. The molecule has 0 saturated carbocycles. The third-order valence-electron chi connectivity index (χ3n) is 4.04. The number of Topliss-reactive ketones (excluding diaryl/α,β-unsaturated/α-hetero) is 1. The average Bonchev–Trinajstić information content (AvgIpc) is 2.84. The Morgan fingerprint density at radius 1 is 1.05 bits per heavy atom. The van der Waals surface area contributed by atoms with Crippen LogP contribution in [0.3, 0.4) is 0 Å². The number of carbonyl (C=O) groups is 1. The van der Waals surface area contributed by atoms with Crippen LogP contribution in [0.1, 0.15) is 38.5 Å². The molecule has 1 aliphatic carbocycles. The minimum Gasteiger partial charge on any atom is -0.384 e. The van der Waals surface area contributed by atoms with Crippen LogP contribution >= 0.6 is 0 Å². The lowest BCUT2D eigenvalue weighted by atomic mass is 9.95. The van der Waals surface area contributed by atoms with Gasteiger partial charge in [-0.2, -0.15) is 0 Å². The van der Waals surface area contributed by atoms with Crippen molar-refractivity contribution >= 4 is 17.5 Å². The zero-order valence-corrected chi connectivity index (χ0v) is 11.9. The predicted octanol–water partition coefficient (Wildman–Crippen LogP) is 1.78. The molecule has 0 amide bonds. The van der Waals surface area contributed by atoms with Crippen molar-refractivity contribution in [2.75, 3.05) is 0 Å². The Bertz CT molecular complexity index is 796. The lowest BCUT2D eigenvalue weighted by Crippen LogP contribution is -2.18. The van der Waals surface area contributed by atoms with Crippen LogP contribution in [0, 0.1) is 10.8 Å². The maximum atomic E-state index is 12.7. The van der Waals surface area contributed by atoms with E-state index in [1.807, 2.05) is 30.3 Å². The summed E-state index contributed by atoms with van der Waals surface area (Å²) in [5.74, 6) is -0.523. The minimum atomic E-state index is -0.267. The molecule has 22 heavy (non-hydrogen) atoms. The number of rotatable bonds is 3. The first-order valence-electron chi connectivity index (χ1n) is 6.94. The first-order valence-corrected chi connectivity index (χ1v) is 6.94. The molecule has 2 aromatic rings. The lowest BCUT2D eigenvalue weighted by Gasteiger charge is -2.09. The monoisotopic (exact) mass is 292 g/mol. The second-order valence-corrected chi connectivity index (χ2v) is 5.41. The van der Waals surface area contributed by atoms with E-state index in [0.29, 0.717) is 23.1 Å². The fraction of sp³-hybridized carbons (Fsp3) is 0.118. The van der Waals surface area contributed by atoms with E-state index >= 15 is 0 Å². The zero-order valence-electron chi connectivity index (χ0n) is 11.9. The van der Waals surface area contributed by atoms with E-state index in [1.165, 1.54) is 0 Å². The lowest BCUT2D eigenvalue weighted by molar-refractivity contribution is 0.0973. The van der Waals surface area contributed by atoms with Gasteiger partial charge in [-0.25, -0.2) is 0 Å². The Morgan fingerprint density at radius 2 is 1.73 bits per heavy atom. The molecule has 0 aliphatic heterocycles. The topological polar surface area (TPSA) is 117 Å². The van der Waals surface area contributed by atoms with E-state index < -0.39 is 0 Å². The first kappa shape index (κ1) is 14.0. The molecule has 5 nitrogen and oxygen atoms in total. The second kappa shape index (κ2) is 5.11. The van der Waals surface area contributed by atoms with Crippen LogP contribution in [0.15, 0.2) is 42.5 Å². The van der Waals surface area contributed by atoms with Gasteiger partial charge in [0.15, 0.2) is 5.78 Å². The fourth-order valence-corrected chi connectivity index (χ4v) is 2.95. The summed E-state index contributed by atoms with van der Waals surface area (Å²) in [7, 11) is 0. The standard InChI is InChI=1S/C17H16N4O/c18-16(19)10-6-13-12(14(7-10)17(20)21)8-11(15(13)22)9-4-2-1-3-5-9/h1-7,11H,8H2,(H3,18,19)(H3,20,21). The van der Waals surface area contributed by atoms with Gasteiger partial charge in [-0.1, -0.05) is 30.3 Å². The highest BCUT2D eigenvalue weighted by Crippen LogP contribution is 2.36. The van der Waals surface area contributed by atoms with Gasteiger partial charge in [0.2, 0.25) is 0 Å². The number of carbonyl (C=O) groups excluding carboxylic acids is 1. The van der Waals surface area contributed by atoms with Crippen LogP contribution in [0.2, 0.25) is 0 Å². The van der Waals surface area contributed by atoms with Gasteiger partial charge in [-0.05, 0) is 29.7 Å². The number of nitrogen functional groups attached to an aromatic ring is 2. The van der Waals surface area contributed by atoms with Gasteiger partial charge < -0.3 is 11.5 Å². The number of nitrogens with one attached hydrogen (secondary N) is 2. The highest BCUT2D eigenvalue weighted by molar-refractivity contribution is 6.11. The first-order chi connectivity index (χ1) is 10.5. The summed E-state index contributed by atoms with van der Waals surface area (Å²) < 4.78 is 0. The molecule has 0 heterocycles. The Morgan fingerprint density at radius 3 is 2.32 bits per heavy atom. The Labute approximate surface area is 128 Å². The second-order valence-electron chi connectivity index (χ2n) is 5.41. The molecule has 1 unspecified atom stereocenters. The number of benzene rings is 2. The van der Waals surface area contributed by atoms with Gasteiger partial charge in [0, 0.05) is 16.7 Å². The maximum Gasteiger partial charge on any atom is 0.170 e. The summed E-state index contributed by atoms with van der Waals surface area (Å²) in [5.41, 5.74) is 14.3. The Kier molecular flexibility index (Phi) is 3.25. The van der Waals surface area contributed by atoms with Crippen LogP contribution in [-0.2, 0) is 6.42 Å². The molecule has 6 N–H and O–H groups in total. The Balaban J connectivity index is 2.14. The molecule has 0 spiro atoms. The molecule has 2 aromatic carbocycles. The molecule has 0 aromatic heterocycles. The molecular formula is C17H16N4O. The van der Waals surface area contributed by atoms with E-state index in [2.05, 4.69) is 0 Å².